The van der Waals surface area contributed by atoms with Crippen molar-refractivity contribution >= 4 is 15.9 Å². The normalized spacial score (nSPS) is 15.6. The van der Waals surface area contributed by atoms with Gasteiger partial charge in [0, 0.05) is 32.5 Å². The summed E-state index contributed by atoms with van der Waals surface area (Å²) in [4.78, 5) is 17.5. The van der Waals surface area contributed by atoms with Crippen LogP contribution in [0.2, 0.25) is 0 Å². The standard InChI is InChI=1S/C24H28N4O5S/c1-27-11-10-25-24(27)23(19-6-4-3-5-7-19)26-22(29)17-18-8-9-20(32-2)21(16-18)34(30,31)28-12-14-33-15-13-28/h3-11,16,23H,12-15,17H2,1-2H3,(H,26,29)/t23-/m0/s1. The molecule has 4 rings (SSSR count). The number of methoxy groups -OCH3 is 1. The van der Waals surface area contributed by atoms with Crippen LogP contribution in [0.4, 0.5) is 0 Å². The molecule has 2 aromatic carbocycles. The zero-order valence-electron chi connectivity index (χ0n) is 19.2. The predicted octanol–water partition coefficient (Wildman–Crippen LogP) is 1.90. The lowest BCUT2D eigenvalue weighted by Crippen LogP contribution is -2.40. The molecule has 0 unspecified atom stereocenters. The number of ether oxygens (including phenoxy) is 2. The average molecular weight is 485 g/mol. The van der Waals surface area contributed by atoms with Crippen LogP contribution in [0.15, 0.2) is 65.8 Å². The molecule has 1 aliphatic heterocycles. The molecule has 34 heavy (non-hydrogen) atoms. The van der Waals surface area contributed by atoms with Crippen molar-refractivity contribution in [3.05, 3.63) is 77.9 Å². The zero-order valence-corrected chi connectivity index (χ0v) is 20.0. The molecule has 10 heteroatoms. The van der Waals surface area contributed by atoms with E-state index in [-0.39, 0.29) is 36.1 Å². The molecule has 1 saturated heterocycles. The van der Waals surface area contributed by atoms with Gasteiger partial charge < -0.3 is 19.4 Å². The molecule has 1 amide bonds. The Balaban J connectivity index is 1.58. The number of imidazole rings is 1. The molecular weight excluding hydrogens is 456 g/mol. The van der Waals surface area contributed by atoms with Gasteiger partial charge in [-0.1, -0.05) is 36.4 Å². The SMILES string of the molecule is COc1ccc(CC(=O)N[C@@H](c2ccccc2)c2nccn2C)cc1S(=O)(=O)N1CCOCC1. The van der Waals surface area contributed by atoms with Crippen LogP contribution in [0, 0.1) is 0 Å². The number of rotatable bonds is 8. The van der Waals surface area contributed by atoms with E-state index in [1.807, 2.05) is 48.1 Å². The summed E-state index contributed by atoms with van der Waals surface area (Å²) in [5.74, 6) is 0.687. The highest BCUT2D eigenvalue weighted by molar-refractivity contribution is 7.89. The van der Waals surface area contributed by atoms with E-state index in [2.05, 4.69) is 10.3 Å². The van der Waals surface area contributed by atoms with Crippen LogP contribution in [-0.4, -0.2) is 61.6 Å². The van der Waals surface area contributed by atoms with Gasteiger partial charge in [-0.25, -0.2) is 13.4 Å². The van der Waals surface area contributed by atoms with Crippen molar-refractivity contribution in [2.75, 3.05) is 33.4 Å². The summed E-state index contributed by atoms with van der Waals surface area (Å²) in [7, 11) is -0.487. The Hall–Kier alpha value is -3.21. The highest BCUT2D eigenvalue weighted by Gasteiger charge is 2.30. The quantitative estimate of drug-likeness (QED) is 0.524. The molecule has 3 aromatic rings. The lowest BCUT2D eigenvalue weighted by Gasteiger charge is -2.27. The summed E-state index contributed by atoms with van der Waals surface area (Å²) in [6.45, 7) is 1.24. The minimum Gasteiger partial charge on any atom is -0.495 e. The molecule has 1 N–H and O–H groups in total. The third-order valence-corrected chi connectivity index (χ3v) is 7.66. The number of aromatic nitrogens is 2. The van der Waals surface area contributed by atoms with E-state index in [0.717, 1.165) is 5.56 Å². The van der Waals surface area contributed by atoms with Gasteiger partial charge in [0.25, 0.3) is 0 Å². The van der Waals surface area contributed by atoms with Crippen LogP contribution in [0.25, 0.3) is 0 Å². The van der Waals surface area contributed by atoms with Gasteiger partial charge in [-0.05, 0) is 23.3 Å². The van der Waals surface area contributed by atoms with Crippen LogP contribution in [0.3, 0.4) is 0 Å². The second-order valence-corrected chi connectivity index (χ2v) is 9.89. The lowest BCUT2D eigenvalue weighted by molar-refractivity contribution is -0.121. The van der Waals surface area contributed by atoms with Gasteiger partial charge >= 0.3 is 0 Å². The summed E-state index contributed by atoms with van der Waals surface area (Å²) in [5.41, 5.74) is 1.47. The number of hydrogen-bond acceptors (Lipinski definition) is 6. The predicted molar refractivity (Wildman–Crippen MR) is 126 cm³/mol. The van der Waals surface area contributed by atoms with E-state index in [4.69, 9.17) is 9.47 Å². The molecule has 0 aliphatic carbocycles. The largest absolute Gasteiger partial charge is 0.495 e. The van der Waals surface area contributed by atoms with Crippen molar-refractivity contribution in [3.63, 3.8) is 0 Å². The fourth-order valence-corrected chi connectivity index (χ4v) is 5.57. The first kappa shape index (κ1) is 23.9. The first-order valence-electron chi connectivity index (χ1n) is 11.0. The molecule has 1 fully saturated rings. The maximum atomic E-state index is 13.2. The minimum absolute atomic E-state index is 0.00335. The van der Waals surface area contributed by atoms with Crippen LogP contribution in [0.5, 0.6) is 5.75 Å². The van der Waals surface area contributed by atoms with Crippen LogP contribution in [0.1, 0.15) is 23.0 Å². The van der Waals surface area contributed by atoms with Crippen molar-refractivity contribution in [2.24, 2.45) is 7.05 Å². The number of morpholine rings is 1. The van der Waals surface area contributed by atoms with Crippen LogP contribution >= 0.6 is 0 Å². The molecular formula is C24H28N4O5S. The van der Waals surface area contributed by atoms with E-state index in [1.165, 1.54) is 17.5 Å². The minimum atomic E-state index is -3.79. The van der Waals surface area contributed by atoms with E-state index in [0.29, 0.717) is 24.6 Å². The van der Waals surface area contributed by atoms with Gasteiger partial charge in [0.05, 0.1) is 26.7 Å². The molecule has 180 valence electrons. The Labute approximate surface area is 199 Å². The second-order valence-electron chi connectivity index (χ2n) is 7.99. The molecule has 2 heterocycles. The van der Waals surface area contributed by atoms with Crippen LogP contribution in [-0.2, 0) is 33.0 Å². The smallest absolute Gasteiger partial charge is 0.246 e. The van der Waals surface area contributed by atoms with E-state index in [1.54, 1.807) is 18.3 Å². The molecule has 9 nitrogen and oxygen atoms in total. The molecule has 1 aromatic heterocycles. The fraction of sp³-hybridized carbons (Fsp3) is 0.333. The van der Waals surface area contributed by atoms with E-state index >= 15 is 0 Å². The Morgan fingerprint density at radius 3 is 2.56 bits per heavy atom. The first-order chi connectivity index (χ1) is 16.4. The molecule has 0 spiro atoms. The number of benzene rings is 2. The van der Waals surface area contributed by atoms with E-state index < -0.39 is 16.1 Å². The number of nitrogens with zero attached hydrogens (tertiary/aromatic N) is 3. The monoisotopic (exact) mass is 484 g/mol. The van der Waals surface area contributed by atoms with Gasteiger partial charge in [-0.15, -0.1) is 0 Å². The van der Waals surface area contributed by atoms with Crippen molar-refractivity contribution in [1.82, 2.24) is 19.2 Å². The highest BCUT2D eigenvalue weighted by atomic mass is 32.2. The van der Waals surface area contributed by atoms with Crippen LogP contribution < -0.4 is 10.1 Å². The van der Waals surface area contributed by atoms with Crippen molar-refractivity contribution in [1.29, 1.82) is 0 Å². The summed E-state index contributed by atoms with van der Waals surface area (Å²) >= 11 is 0. The highest BCUT2D eigenvalue weighted by Crippen LogP contribution is 2.29. The summed E-state index contributed by atoms with van der Waals surface area (Å²) in [6.07, 6.45) is 3.51. The Bertz CT molecular complexity index is 1240. The Morgan fingerprint density at radius 1 is 1.18 bits per heavy atom. The first-order valence-corrected chi connectivity index (χ1v) is 12.4. The second kappa shape index (κ2) is 10.4. The Kier molecular flexibility index (Phi) is 7.30. The summed E-state index contributed by atoms with van der Waals surface area (Å²) < 4.78 is 40.3. The zero-order chi connectivity index (χ0) is 24.1. The molecule has 1 atom stereocenters. The number of amides is 1. The van der Waals surface area contributed by atoms with Gasteiger partial charge in [-0.3, -0.25) is 4.79 Å². The number of sulfonamides is 1. The van der Waals surface area contributed by atoms with Crippen molar-refractivity contribution < 1.29 is 22.7 Å². The third-order valence-electron chi connectivity index (χ3n) is 5.74. The molecule has 0 saturated carbocycles. The number of nitrogens with one attached hydrogen (secondary N) is 1. The van der Waals surface area contributed by atoms with Gasteiger partial charge in [0.1, 0.15) is 22.5 Å². The maximum absolute atomic E-state index is 13.2. The number of carbonyl (C=O) groups excluding carboxylic acids is 1. The topological polar surface area (TPSA) is 103 Å². The fourth-order valence-electron chi connectivity index (χ4n) is 3.95. The third kappa shape index (κ3) is 5.14. The molecule has 0 bridgehead atoms. The average Bonchev–Trinajstić information content (AvgIpc) is 3.29. The summed E-state index contributed by atoms with van der Waals surface area (Å²) in [6, 6.07) is 13.9. The number of hydrogen-bond donors (Lipinski definition) is 1. The van der Waals surface area contributed by atoms with Crippen molar-refractivity contribution in [3.8, 4) is 5.75 Å². The summed E-state index contributed by atoms with van der Waals surface area (Å²) in [5, 5.41) is 3.05. The Morgan fingerprint density at radius 2 is 1.91 bits per heavy atom. The number of aryl methyl sites for hydroxylation is 1. The van der Waals surface area contributed by atoms with Gasteiger partial charge in [0.15, 0.2) is 0 Å². The maximum Gasteiger partial charge on any atom is 0.246 e. The number of carbonyl (C=O) groups is 1. The molecule has 1 aliphatic rings. The molecule has 0 radical (unpaired) electrons. The van der Waals surface area contributed by atoms with Gasteiger partial charge in [-0.2, -0.15) is 4.31 Å². The lowest BCUT2D eigenvalue weighted by atomic mass is 10.1. The van der Waals surface area contributed by atoms with Gasteiger partial charge in [0.2, 0.25) is 15.9 Å². The van der Waals surface area contributed by atoms with Crippen molar-refractivity contribution in [2.45, 2.75) is 17.4 Å². The van der Waals surface area contributed by atoms with E-state index in [9.17, 15) is 13.2 Å².